The monoisotopic (exact) mass is 704 g/mol. The Bertz CT molecular complexity index is 765. The Morgan fingerprint density at radius 1 is 0.400 bits per heavy atom. The van der Waals surface area contributed by atoms with Gasteiger partial charge in [-0.25, -0.2) is 0 Å². The Morgan fingerprint density at radius 2 is 0.720 bits per heavy atom. The van der Waals surface area contributed by atoms with Crippen molar-refractivity contribution < 1.29 is 23.9 Å². The van der Waals surface area contributed by atoms with Gasteiger partial charge in [0.25, 0.3) is 0 Å². The average molecular weight is 704 g/mol. The van der Waals surface area contributed by atoms with Crippen molar-refractivity contribution in [1.82, 2.24) is 4.90 Å². The number of hydrogen-bond acceptors (Lipinski definition) is 5. The van der Waals surface area contributed by atoms with Gasteiger partial charge in [-0.3, -0.25) is 14.4 Å². The molecule has 0 radical (unpaired) electrons. The maximum absolute atomic E-state index is 12.6. The van der Waals surface area contributed by atoms with E-state index >= 15 is 0 Å². The third-order valence-electron chi connectivity index (χ3n) is 9.35. The van der Waals surface area contributed by atoms with Crippen LogP contribution in [-0.2, 0) is 23.9 Å². The zero-order valence-corrected chi connectivity index (χ0v) is 33.3. The summed E-state index contributed by atoms with van der Waals surface area (Å²) in [5, 5.41) is 0. The minimum absolute atomic E-state index is 0.00843. The lowest BCUT2D eigenvalue weighted by atomic mass is 10.1. The minimum atomic E-state index is -0.197. The van der Waals surface area contributed by atoms with Crippen LogP contribution in [0.15, 0.2) is 24.3 Å². The molecule has 50 heavy (non-hydrogen) atoms. The molecule has 0 bridgehead atoms. The molecule has 0 aromatic heterocycles. The fourth-order valence-corrected chi connectivity index (χ4v) is 6.10. The first kappa shape index (κ1) is 47.9. The van der Waals surface area contributed by atoms with Crippen LogP contribution in [0, 0.1) is 0 Å². The standard InChI is InChI=1S/C44H81NO5/c1-4-7-9-11-13-15-17-19-21-23-25-27-29-31-33-36-43(47)49-40-38-45(42(46)35-6-3)39-41-50-44(48)37-34-32-30-28-26-24-22-20-18-16-14-12-10-8-5-2/h19-22H,4-18,23-41H2,1-3H3/b21-19-,22-20-. The molecule has 0 heterocycles. The first-order chi connectivity index (χ1) is 24.5. The Labute approximate surface area is 310 Å². The number of nitrogens with zero attached hydrogens (tertiary/aromatic N) is 1. The van der Waals surface area contributed by atoms with E-state index in [1.165, 1.54) is 116 Å². The lowest BCUT2D eigenvalue weighted by Crippen LogP contribution is -2.37. The molecule has 0 spiro atoms. The van der Waals surface area contributed by atoms with Crippen LogP contribution in [0.3, 0.4) is 0 Å². The van der Waals surface area contributed by atoms with Crippen molar-refractivity contribution in [2.24, 2.45) is 0 Å². The summed E-state index contributed by atoms with van der Waals surface area (Å²) in [6, 6.07) is 0. The van der Waals surface area contributed by atoms with Gasteiger partial charge in [-0.15, -0.1) is 0 Å². The van der Waals surface area contributed by atoms with Crippen LogP contribution in [0.25, 0.3) is 0 Å². The van der Waals surface area contributed by atoms with Crippen LogP contribution in [0.4, 0.5) is 0 Å². The van der Waals surface area contributed by atoms with Crippen LogP contribution in [-0.4, -0.2) is 49.0 Å². The normalized spacial score (nSPS) is 11.5. The number of esters is 2. The third kappa shape index (κ3) is 35.7. The summed E-state index contributed by atoms with van der Waals surface area (Å²) >= 11 is 0. The predicted molar refractivity (Wildman–Crippen MR) is 212 cm³/mol. The third-order valence-corrected chi connectivity index (χ3v) is 9.35. The maximum atomic E-state index is 12.6. The van der Waals surface area contributed by atoms with Crippen molar-refractivity contribution in [1.29, 1.82) is 0 Å². The zero-order valence-electron chi connectivity index (χ0n) is 33.3. The first-order valence-electron chi connectivity index (χ1n) is 21.4. The van der Waals surface area contributed by atoms with Gasteiger partial charge < -0.3 is 14.4 Å². The molecule has 0 aromatic rings. The van der Waals surface area contributed by atoms with Crippen molar-refractivity contribution in [3.63, 3.8) is 0 Å². The molecule has 0 aliphatic heterocycles. The Balaban J connectivity index is 3.83. The second-order valence-corrected chi connectivity index (χ2v) is 14.2. The summed E-state index contributed by atoms with van der Waals surface area (Å²) in [6.45, 7) is 7.53. The fourth-order valence-electron chi connectivity index (χ4n) is 6.10. The van der Waals surface area contributed by atoms with Gasteiger partial charge in [0.1, 0.15) is 13.2 Å². The smallest absolute Gasteiger partial charge is 0.305 e. The molecule has 0 N–H and O–H groups in total. The highest BCUT2D eigenvalue weighted by Crippen LogP contribution is 2.12. The number of hydrogen-bond donors (Lipinski definition) is 0. The lowest BCUT2D eigenvalue weighted by molar-refractivity contribution is -0.147. The molecule has 6 heteroatoms. The summed E-state index contributed by atoms with van der Waals surface area (Å²) in [4.78, 5) is 38.7. The van der Waals surface area contributed by atoms with Gasteiger partial charge in [0.2, 0.25) is 5.91 Å². The summed E-state index contributed by atoms with van der Waals surface area (Å²) < 4.78 is 10.9. The fraction of sp³-hybridized carbons (Fsp3) is 0.841. The van der Waals surface area contributed by atoms with E-state index in [0.717, 1.165) is 57.8 Å². The van der Waals surface area contributed by atoms with Gasteiger partial charge in [0, 0.05) is 19.3 Å². The molecule has 0 aliphatic carbocycles. The van der Waals surface area contributed by atoms with Crippen molar-refractivity contribution in [2.75, 3.05) is 26.3 Å². The van der Waals surface area contributed by atoms with Gasteiger partial charge in [0.05, 0.1) is 13.1 Å². The molecule has 0 aliphatic rings. The molecule has 0 aromatic carbocycles. The van der Waals surface area contributed by atoms with Gasteiger partial charge in [-0.2, -0.15) is 0 Å². The molecular formula is C44H81NO5. The van der Waals surface area contributed by atoms with Gasteiger partial charge >= 0.3 is 11.9 Å². The number of carbonyl (C=O) groups excluding carboxylic acids is 3. The molecule has 292 valence electrons. The topological polar surface area (TPSA) is 72.9 Å². The summed E-state index contributed by atoms with van der Waals surface area (Å²) in [5.74, 6) is -0.386. The Morgan fingerprint density at radius 3 is 1.06 bits per heavy atom. The Hall–Kier alpha value is -2.11. The van der Waals surface area contributed by atoms with E-state index in [2.05, 4.69) is 38.2 Å². The van der Waals surface area contributed by atoms with Crippen molar-refractivity contribution in [2.45, 2.75) is 213 Å². The molecular weight excluding hydrogens is 622 g/mol. The van der Waals surface area contributed by atoms with E-state index in [4.69, 9.17) is 9.47 Å². The molecule has 0 saturated heterocycles. The molecule has 0 unspecified atom stereocenters. The number of rotatable bonds is 38. The maximum Gasteiger partial charge on any atom is 0.305 e. The van der Waals surface area contributed by atoms with Crippen LogP contribution >= 0.6 is 0 Å². The highest BCUT2D eigenvalue weighted by atomic mass is 16.5. The largest absolute Gasteiger partial charge is 0.464 e. The van der Waals surface area contributed by atoms with Crippen molar-refractivity contribution in [3.05, 3.63) is 24.3 Å². The van der Waals surface area contributed by atoms with E-state index in [-0.39, 0.29) is 31.1 Å². The average Bonchev–Trinajstić information content (AvgIpc) is 3.11. The highest BCUT2D eigenvalue weighted by molar-refractivity contribution is 5.76. The second kappa shape index (κ2) is 39.7. The van der Waals surface area contributed by atoms with Gasteiger partial charge in [-0.05, 0) is 70.6 Å². The van der Waals surface area contributed by atoms with E-state index in [1.807, 2.05) is 6.92 Å². The molecule has 0 rings (SSSR count). The number of carbonyl (C=O) groups is 3. The molecule has 0 atom stereocenters. The van der Waals surface area contributed by atoms with Gasteiger partial charge in [0.15, 0.2) is 0 Å². The van der Waals surface area contributed by atoms with E-state index in [1.54, 1.807) is 4.90 Å². The minimum Gasteiger partial charge on any atom is -0.464 e. The van der Waals surface area contributed by atoms with E-state index in [0.29, 0.717) is 32.4 Å². The quantitative estimate of drug-likeness (QED) is 0.0363. The van der Waals surface area contributed by atoms with Crippen molar-refractivity contribution >= 4 is 17.8 Å². The SMILES string of the molecule is CCCCCCCC/C=C\CCCCCCCC(=O)OCCN(CCOC(=O)CCCCCCC/C=C\CCCCCCCC)C(=O)CCC. The summed E-state index contributed by atoms with van der Waals surface area (Å²) in [6.07, 6.45) is 43.3. The number of unbranched alkanes of at least 4 members (excludes halogenated alkanes) is 22. The first-order valence-corrected chi connectivity index (χ1v) is 21.4. The molecule has 0 fully saturated rings. The molecule has 1 amide bonds. The predicted octanol–water partition coefficient (Wildman–Crippen LogP) is 12.8. The van der Waals surface area contributed by atoms with E-state index < -0.39 is 0 Å². The lowest BCUT2D eigenvalue weighted by Gasteiger charge is -2.22. The van der Waals surface area contributed by atoms with Crippen LogP contribution in [0.2, 0.25) is 0 Å². The Kier molecular flexibility index (Phi) is 38.0. The second-order valence-electron chi connectivity index (χ2n) is 14.2. The highest BCUT2D eigenvalue weighted by Gasteiger charge is 2.14. The number of amides is 1. The van der Waals surface area contributed by atoms with Crippen LogP contribution in [0.1, 0.15) is 213 Å². The number of allylic oxidation sites excluding steroid dienone is 4. The van der Waals surface area contributed by atoms with Gasteiger partial charge in [-0.1, -0.05) is 148 Å². The molecule has 0 saturated carbocycles. The zero-order chi connectivity index (χ0) is 36.6. The summed E-state index contributed by atoms with van der Waals surface area (Å²) in [7, 11) is 0. The van der Waals surface area contributed by atoms with Crippen LogP contribution in [0.5, 0.6) is 0 Å². The van der Waals surface area contributed by atoms with Crippen LogP contribution < -0.4 is 0 Å². The summed E-state index contributed by atoms with van der Waals surface area (Å²) in [5.41, 5.74) is 0. The number of ether oxygens (including phenoxy) is 2. The van der Waals surface area contributed by atoms with E-state index in [9.17, 15) is 14.4 Å². The molecule has 6 nitrogen and oxygen atoms in total. The van der Waals surface area contributed by atoms with Crippen molar-refractivity contribution in [3.8, 4) is 0 Å².